The van der Waals surface area contributed by atoms with Gasteiger partial charge in [-0.25, -0.2) is 5.43 Å². The maximum absolute atomic E-state index is 12.5. The molecule has 8 nitrogen and oxygen atoms in total. The summed E-state index contributed by atoms with van der Waals surface area (Å²) >= 11 is 1.29. The number of aromatic nitrogens is 3. The molecule has 0 aliphatic heterocycles. The third-order valence-corrected chi connectivity index (χ3v) is 6.05. The van der Waals surface area contributed by atoms with Crippen LogP contribution >= 0.6 is 11.8 Å². The van der Waals surface area contributed by atoms with Gasteiger partial charge in [-0.15, -0.1) is 10.2 Å². The van der Waals surface area contributed by atoms with E-state index in [9.17, 15) is 4.79 Å². The van der Waals surface area contributed by atoms with E-state index in [-0.39, 0.29) is 11.7 Å². The zero-order valence-electron chi connectivity index (χ0n) is 19.6. The van der Waals surface area contributed by atoms with Crippen LogP contribution in [0.15, 0.2) is 83.1 Å². The molecule has 0 saturated carbocycles. The van der Waals surface area contributed by atoms with Crippen LogP contribution in [0.2, 0.25) is 0 Å². The van der Waals surface area contributed by atoms with Gasteiger partial charge in [0.15, 0.2) is 22.5 Å². The quantitative estimate of drug-likeness (QED) is 0.212. The van der Waals surface area contributed by atoms with Gasteiger partial charge in [0, 0.05) is 16.8 Å². The van der Waals surface area contributed by atoms with Crippen LogP contribution in [0.1, 0.15) is 11.1 Å². The Labute approximate surface area is 208 Å². The van der Waals surface area contributed by atoms with Crippen molar-refractivity contribution in [3.05, 3.63) is 83.9 Å². The van der Waals surface area contributed by atoms with E-state index in [4.69, 9.17) is 9.47 Å². The highest BCUT2D eigenvalue weighted by Gasteiger charge is 2.17. The van der Waals surface area contributed by atoms with Gasteiger partial charge in [0.25, 0.3) is 5.91 Å². The van der Waals surface area contributed by atoms with Gasteiger partial charge in [0.2, 0.25) is 0 Å². The zero-order valence-corrected chi connectivity index (χ0v) is 20.5. The van der Waals surface area contributed by atoms with Gasteiger partial charge in [0.1, 0.15) is 0 Å². The van der Waals surface area contributed by atoms with Crippen LogP contribution in [0.3, 0.4) is 0 Å². The molecule has 1 N–H and O–H groups in total. The Morgan fingerprint density at radius 3 is 2.49 bits per heavy atom. The van der Waals surface area contributed by atoms with Gasteiger partial charge in [-0.05, 0) is 31.2 Å². The Balaban J connectivity index is 1.49. The van der Waals surface area contributed by atoms with Gasteiger partial charge >= 0.3 is 0 Å². The Morgan fingerprint density at radius 2 is 1.77 bits per heavy atom. The summed E-state index contributed by atoms with van der Waals surface area (Å²) in [7, 11) is 3.12. The van der Waals surface area contributed by atoms with Gasteiger partial charge in [0.05, 0.1) is 26.2 Å². The number of hydrogen-bond donors (Lipinski definition) is 1. The zero-order chi connectivity index (χ0) is 24.6. The smallest absolute Gasteiger partial charge is 0.250 e. The van der Waals surface area contributed by atoms with Crippen LogP contribution in [0, 0.1) is 6.92 Å². The van der Waals surface area contributed by atoms with E-state index < -0.39 is 0 Å². The van der Waals surface area contributed by atoms with Crippen molar-refractivity contribution in [2.45, 2.75) is 12.1 Å². The molecule has 35 heavy (non-hydrogen) atoms. The second-order valence-corrected chi connectivity index (χ2v) is 8.45. The number of carbonyl (C=O) groups excluding carboxylic acids is 1. The number of rotatable bonds is 9. The lowest BCUT2D eigenvalue weighted by Crippen LogP contribution is -2.20. The first-order valence-electron chi connectivity index (χ1n) is 10.8. The molecule has 0 fully saturated rings. The molecule has 3 aromatic carbocycles. The highest BCUT2D eigenvalue weighted by molar-refractivity contribution is 7.99. The topological polar surface area (TPSA) is 90.6 Å². The fourth-order valence-electron chi connectivity index (χ4n) is 3.41. The summed E-state index contributed by atoms with van der Waals surface area (Å²) in [4.78, 5) is 12.5. The predicted molar refractivity (Wildman–Crippen MR) is 138 cm³/mol. The van der Waals surface area contributed by atoms with Crippen molar-refractivity contribution in [1.82, 2.24) is 20.2 Å². The van der Waals surface area contributed by atoms with E-state index in [1.807, 2.05) is 78.2 Å². The maximum atomic E-state index is 12.5. The third-order valence-electron chi connectivity index (χ3n) is 5.12. The molecule has 0 radical (unpaired) electrons. The number of nitrogens with one attached hydrogen (secondary N) is 1. The Morgan fingerprint density at radius 1 is 1.00 bits per heavy atom. The summed E-state index contributed by atoms with van der Waals surface area (Å²) in [5.74, 6) is 1.69. The normalized spacial score (nSPS) is 10.9. The SMILES string of the molecule is COc1cccc(/C=N/NC(=O)CSc2nnc(-c3ccc(C)cc3)n2-c2ccccc2)c1OC. The van der Waals surface area contributed by atoms with Crippen LogP contribution in [0.25, 0.3) is 17.1 Å². The first kappa shape index (κ1) is 24.0. The number of benzene rings is 3. The highest BCUT2D eigenvalue weighted by atomic mass is 32.2. The van der Waals surface area contributed by atoms with Crippen LogP contribution in [0.4, 0.5) is 0 Å². The molecule has 4 rings (SSSR count). The van der Waals surface area contributed by atoms with Gasteiger partial charge in [-0.1, -0.05) is 65.9 Å². The number of aryl methyl sites for hydroxylation is 1. The summed E-state index contributed by atoms with van der Waals surface area (Å²) in [5.41, 5.74) is 6.26. The van der Waals surface area contributed by atoms with Crippen LogP contribution in [-0.4, -0.2) is 46.9 Å². The van der Waals surface area contributed by atoms with Crippen molar-refractivity contribution in [2.24, 2.45) is 5.10 Å². The Kier molecular flexibility index (Phi) is 7.79. The number of carbonyl (C=O) groups is 1. The second kappa shape index (κ2) is 11.3. The summed E-state index contributed by atoms with van der Waals surface area (Å²) in [5, 5.41) is 13.4. The summed E-state index contributed by atoms with van der Waals surface area (Å²) in [6, 6.07) is 23.4. The van der Waals surface area contributed by atoms with Gasteiger partial charge < -0.3 is 9.47 Å². The van der Waals surface area contributed by atoms with E-state index >= 15 is 0 Å². The van der Waals surface area contributed by atoms with Gasteiger partial charge in [-0.2, -0.15) is 5.10 Å². The molecule has 1 amide bonds. The minimum atomic E-state index is -0.271. The lowest BCUT2D eigenvalue weighted by Gasteiger charge is -2.10. The standard InChI is InChI=1S/C26H25N5O3S/c1-18-12-14-19(15-13-18)25-29-30-26(31(25)21-9-5-4-6-10-21)35-17-23(32)28-27-16-20-8-7-11-22(33-2)24(20)34-3/h4-16H,17H2,1-3H3,(H,28,32)/b27-16+. The fraction of sp³-hybridized carbons (Fsp3) is 0.154. The number of hydrogen-bond acceptors (Lipinski definition) is 7. The van der Waals surface area contributed by atoms with Crippen molar-refractivity contribution in [3.8, 4) is 28.6 Å². The average molecular weight is 488 g/mol. The van der Waals surface area contributed by atoms with Crippen LogP contribution in [0.5, 0.6) is 11.5 Å². The first-order valence-corrected chi connectivity index (χ1v) is 11.8. The number of hydrazone groups is 1. The highest BCUT2D eigenvalue weighted by Crippen LogP contribution is 2.30. The fourth-order valence-corrected chi connectivity index (χ4v) is 4.16. The third kappa shape index (κ3) is 5.70. The molecule has 0 saturated heterocycles. The number of thioether (sulfide) groups is 1. The van der Waals surface area contributed by atoms with Crippen molar-refractivity contribution >= 4 is 23.9 Å². The van der Waals surface area contributed by atoms with Crippen LogP contribution in [-0.2, 0) is 4.79 Å². The van der Waals surface area contributed by atoms with E-state index in [1.54, 1.807) is 20.3 Å². The van der Waals surface area contributed by atoms with E-state index in [0.717, 1.165) is 16.8 Å². The monoisotopic (exact) mass is 487 g/mol. The number of ether oxygens (including phenoxy) is 2. The summed E-state index contributed by atoms with van der Waals surface area (Å²) in [6.07, 6.45) is 1.52. The number of methoxy groups -OCH3 is 2. The molecule has 1 heterocycles. The summed E-state index contributed by atoms with van der Waals surface area (Å²) in [6.45, 7) is 2.04. The lowest BCUT2D eigenvalue weighted by molar-refractivity contribution is -0.118. The molecule has 1 aromatic heterocycles. The molecule has 0 unspecified atom stereocenters. The molecule has 4 aromatic rings. The van der Waals surface area contributed by atoms with Crippen molar-refractivity contribution in [2.75, 3.05) is 20.0 Å². The molecule has 0 atom stereocenters. The van der Waals surface area contributed by atoms with E-state index in [1.165, 1.54) is 18.0 Å². The number of para-hydroxylation sites is 2. The van der Waals surface area contributed by atoms with E-state index in [2.05, 4.69) is 20.7 Å². The predicted octanol–water partition coefficient (Wildman–Crippen LogP) is 4.50. The molecular weight excluding hydrogens is 462 g/mol. The maximum Gasteiger partial charge on any atom is 0.250 e. The molecule has 9 heteroatoms. The first-order chi connectivity index (χ1) is 17.1. The second-order valence-electron chi connectivity index (χ2n) is 7.51. The largest absolute Gasteiger partial charge is 0.493 e. The Hall–Kier alpha value is -4.11. The van der Waals surface area contributed by atoms with E-state index in [0.29, 0.717) is 28.0 Å². The average Bonchev–Trinajstić information content (AvgIpc) is 3.32. The minimum Gasteiger partial charge on any atom is -0.493 e. The number of amides is 1. The molecule has 0 aliphatic rings. The molecular formula is C26H25N5O3S. The molecule has 178 valence electrons. The minimum absolute atomic E-state index is 0.117. The molecule has 0 bridgehead atoms. The molecule has 0 spiro atoms. The van der Waals surface area contributed by atoms with Crippen molar-refractivity contribution in [1.29, 1.82) is 0 Å². The van der Waals surface area contributed by atoms with Crippen molar-refractivity contribution < 1.29 is 14.3 Å². The van der Waals surface area contributed by atoms with Crippen molar-refractivity contribution in [3.63, 3.8) is 0 Å². The molecule has 0 aliphatic carbocycles. The van der Waals surface area contributed by atoms with Crippen LogP contribution < -0.4 is 14.9 Å². The van der Waals surface area contributed by atoms with Gasteiger partial charge in [-0.3, -0.25) is 9.36 Å². The number of nitrogens with zero attached hydrogens (tertiary/aromatic N) is 4. The Bertz CT molecular complexity index is 1320. The lowest BCUT2D eigenvalue weighted by atomic mass is 10.1. The summed E-state index contributed by atoms with van der Waals surface area (Å²) < 4.78 is 12.6.